The van der Waals surface area contributed by atoms with E-state index in [4.69, 9.17) is 0 Å². The third-order valence-electron chi connectivity index (χ3n) is 5.71. The fraction of sp³-hybridized carbons (Fsp3) is 0.125. The molecule has 4 aromatic rings. The minimum absolute atomic E-state index is 0.0305. The van der Waals surface area contributed by atoms with Crippen LogP contribution in [0.2, 0.25) is 0 Å². The van der Waals surface area contributed by atoms with Crippen molar-refractivity contribution >= 4 is 17.5 Å². The molecule has 3 aromatic carbocycles. The first-order valence-electron chi connectivity index (χ1n) is 10.4. The molecule has 35 heavy (non-hydrogen) atoms. The van der Waals surface area contributed by atoms with E-state index < -0.39 is 29.2 Å². The molecule has 1 aromatic heterocycles. The summed E-state index contributed by atoms with van der Waals surface area (Å²) in [5, 5.41) is 7.57. The molecule has 1 aliphatic heterocycles. The van der Waals surface area contributed by atoms with Crippen molar-refractivity contribution in [1.29, 1.82) is 0 Å². The standard InChI is InChI=1S/C24H16F3N5O3/c1-14-12-15(6-11-20(14)31-21(33)18-4-2-3-5-19(18)22(31)34)13-30-23(35)32(29-28-30)17-9-7-16(8-10-17)24(25,26)27/h2-12H,13H2,1H3. The van der Waals surface area contributed by atoms with E-state index >= 15 is 0 Å². The zero-order chi connectivity index (χ0) is 24.9. The lowest BCUT2D eigenvalue weighted by molar-refractivity contribution is -0.137. The quantitative estimate of drug-likeness (QED) is 0.417. The number of aromatic nitrogens is 4. The number of carbonyl (C=O) groups is 2. The van der Waals surface area contributed by atoms with Crippen molar-refractivity contribution in [1.82, 2.24) is 19.8 Å². The van der Waals surface area contributed by atoms with Crippen LogP contribution in [0.1, 0.15) is 37.4 Å². The summed E-state index contributed by atoms with van der Waals surface area (Å²) in [6, 6.07) is 15.6. The molecule has 0 aliphatic carbocycles. The number of amides is 2. The third kappa shape index (κ3) is 3.80. The fourth-order valence-corrected chi connectivity index (χ4v) is 3.97. The van der Waals surface area contributed by atoms with Gasteiger partial charge in [-0.05, 0) is 70.9 Å². The molecule has 8 nitrogen and oxygen atoms in total. The van der Waals surface area contributed by atoms with Crippen LogP contribution in [-0.2, 0) is 12.7 Å². The van der Waals surface area contributed by atoms with Gasteiger partial charge in [0, 0.05) is 0 Å². The van der Waals surface area contributed by atoms with E-state index in [1.54, 1.807) is 49.4 Å². The van der Waals surface area contributed by atoms with Gasteiger partial charge in [0.2, 0.25) is 0 Å². The first-order valence-corrected chi connectivity index (χ1v) is 10.4. The van der Waals surface area contributed by atoms with Crippen LogP contribution in [0.3, 0.4) is 0 Å². The van der Waals surface area contributed by atoms with Crippen LogP contribution in [0, 0.1) is 6.92 Å². The zero-order valence-corrected chi connectivity index (χ0v) is 18.2. The second-order valence-corrected chi connectivity index (χ2v) is 7.99. The highest BCUT2D eigenvalue weighted by Gasteiger charge is 2.37. The normalized spacial score (nSPS) is 13.4. The number of tetrazole rings is 1. The maximum atomic E-state index is 12.8. The number of fused-ring (bicyclic) bond motifs is 1. The number of anilines is 1. The molecule has 0 radical (unpaired) electrons. The number of rotatable bonds is 4. The number of hydrogen-bond acceptors (Lipinski definition) is 5. The van der Waals surface area contributed by atoms with Gasteiger partial charge in [0.25, 0.3) is 11.8 Å². The average Bonchev–Trinajstić information content (AvgIpc) is 3.31. The van der Waals surface area contributed by atoms with Crippen molar-refractivity contribution in [3.63, 3.8) is 0 Å². The molecule has 0 N–H and O–H groups in total. The largest absolute Gasteiger partial charge is 0.416 e. The molecule has 0 bridgehead atoms. The zero-order valence-electron chi connectivity index (χ0n) is 18.2. The van der Waals surface area contributed by atoms with Gasteiger partial charge in [0.1, 0.15) is 0 Å². The van der Waals surface area contributed by atoms with Crippen LogP contribution in [0.25, 0.3) is 5.69 Å². The van der Waals surface area contributed by atoms with E-state index in [9.17, 15) is 27.6 Å². The van der Waals surface area contributed by atoms with E-state index in [0.717, 1.165) is 38.5 Å². The molecule has 0 saturated heterocycles. The Morgan fingerprint density at radius 2 is 1.46 bits per heavy atom. The maximum absolute atomic E-state index is 12.8. The van der Waals surface area contributed by atoms with Crippen molar-refractivity contribution in [3.05, 3.63) is 105 Å². The van der Waals surface area contributed by atoms with Gasteiger partial charge >= 0.3 is 11.9 Å². The minimum atomic E-state index is -4.49. The SMILES string of the molecule is Cc1cc(Cn2nnn(-c3ccc(C(F)(F)F)cc3)c2=O)ccc1N1C(=O)c2ccccc2C1=O. The predicted molar refractivity (Wildman–Crippen MR) is 118 cm³/mol. The number of alkyl halides is 3. The van der Waals surface area contributed by atoms with E-state index in [1.165, 1.54) is 0 Å². The number of benzene rings is 3. The monoisotopic (exact) mass is 479 g/mol. The number of aryl methyl sites for hydroxylation is 1. The lowest BCUT2D eigenvalue weighted by Crippen LogP contribution is -2.30. The highest BCUT2D eigenvalue weighted by atomic mass is 19.4. The smallest absolute Gasteiger partial charge is 0.268 e. The topological polar surface area (TPSA) is 90.1 Å². The first-order chi connectivity index (χ1) is 16.6. The van der Waals surface area contributed by atoms with Crippen LogP contribution >= 0.6 is 0 Å². The maximum Gasteiger partial charge on any atom is 0.416 e. The van der Waals surface area contributed by atoms with Gasteiger partial charge in [-0.25, -0.2) is 9.69 Å². The van der Waals surface area contributed by atoms with Gasteiger partial charge in [0.05, 0.1) is 34.6 Å². The molecule has 176 valence electrons. The molecule has 11 heteroatoms. The number of carbonyl (C=O) groups excluding carboxylic acids is 2. The summed E-state index contributed by atoms with van der Waals surface area (Å²) in [5.41, 5.74) is 1.08. The Balaban J connectivity index is 1.39. The van der Waals surface area contributed by atoms with Crippen LogP contribution in [0.5, 0.6) is 0 Å². The Morgan fingerprint density at radius 1 is 0.829 bits per heavy atom. The Hall–Kier alpha value is -4.54. The lowest BCUT2D eigenvalue weighted by Gasteiger charge is -2.17. The summed E-state index contributed by atoms with van der Waals surface area (Å²) < 4.78 is 40.3. The number of halogens is 3. The summed E-state index contributed by atoms with van der Waals surface area (Å²) >= 11 is 0. The molecule has 0 saturated carbocycles. The third-order valence-corrected chi connectivity index (χ3v) is 5.71. The lowest BCUT2D eigenvalue weighted by atomic mass is 10.1. The highest BCUT2D eigenvalue weighted by molar-refractivity contribution is 6.34. The van der Waals surface area contributed by atoms with Gasteiger partial charge in [-0.1, -0.05) is 24.3 Å². The summed E-state index contributed by atoms with van der Waals surface area (Å²) in [7, 11) is 0. The van der Waals surface area contributed by atoms with E-state index in [1.807, 2.05) is 0 Å². The molecule has 2 amide bonds. The van der Waals surface area contributed by atoms with E-state index in [-0.39, 0.29) is 12.2 Å². The van der Waals surface area contributed by atoms with Crippen LogP contribution < -0.4 is 10.6 Å². The second-order valence-electron chi connectivity index (χ2n) is 7.99. The van der Waals surface area contributed by atoms with Crippen LogP contribution in [0.15, 0.2) is 71.5 Å². The number of nitrogens with zero attached hydrogens (tertiary/aromatic N) is 5. The molecular weight excluding hydrogens is 463 g/mol. The van der Waals surface area contributed by atoms with Gasteiger partial charge < -0.3 is 0 Å². The van der Waals surface area contributed by atoms with Gasteiger partial charge in [-0.15, -0.1) is 0 Å². The predicted octanol–water partition coefficient (Wildman–Crippen LogP) is 3.61. The Morgan fingerprint density at radius 3 is 2.03 bits per heavy atom. The van der Waals surface area contributed by atoms with Crippen molar-refractivity contribution in [2.75, 3.05) is 4.90 Å². The van der Waals surface area contributed by atoms with Crippen molar-refractivity contribution < 1.29 is 22.8 Å². The van der Waals surface area contributed by atoms with Gasteiger partial charge in [-0.3, -0.25) is 9.59 Å². The number of imide groups is 1. The Labute approximate surface area is 195 Å². The van der Waals surface area contributed by atoms with E-state index in [2.05, 4.69) is 10.4 Å². The molecule has 0 atom stereocenters. The van der Waals surface area contributed by atoms with Gasteiger partial charge in [-0.2, -0.15) is 22.5 Å². The Bertz CT molecular complexity index is 1500. The van der Waals surface area contributed by atoms with Crippen molar-refractivity contribution in [2.45, 2.75) is 19.6 Å². The molecule has 2 heterocycles. The summed E-state index contributed by atoms with van der Waals surface area (Å²) in [5.74, 6) is -0.811. The molecule has 0 spiro atoms. The van der Waals surface area contributed by atoms with Crippen LogP contribution in [0.4, 0.5) is 18.9 Å². The number of hydrogen-bond donors (Lipinski definition) is 0. The first kappa shape index (κ1) is 22.3. The van der Waals surface area contributed by atoms with Gasteiger partial charge in [0.15, 0.2) is 0 Å². The molecule has 5 rings (SSSR count). The minimum Gasteiger partial charge on any atom is -0.268 e. The Kier molecular flexibility index (Phi) is 5.12. The van der Waals surface area contributed by atoms with Crippen LogP contribution in [-0.4, -0.2) is 31.6 Å². The summed E-state index contributed by atoms with van der Waals surface area (Å²) in [6.07, 6.45) is -4.49. The molecule has 0 fully saturated rings. The van der Waals surface area contributed by atoms with Crippen molar-refractivity contribution in [3.8, 4) is 5.69 Å². The average molecular weight is 479 g/mol. The molecular formula is C24H16F3N5O3. The highest BCUT2D eigenvalue weighted by Crippen LogP contribution is 2.31. The van der Waals surface area contributed by atoms with E-state index in [0.29, 0.717) is 27.9 Å². The molecule has 1 aliphatic rings. The summed E-state index contributed by atoms with van der Waals surface area (Å²) in [4.78, 5) is 39.4. The summed E-state index contributed by atoms with van der Waals surface area (Å²) in [6.45, 7) is 1.77. The van der Waals surface area contributed by atoms with Crippen molar-refractivity contribution in [2.24, 2.45) is 0 Å². The molecule has 0 unspecified atom stereocenters. The second kappa shape index (κ2) is 8.05. The fourth-order valence-electron chi connectivity index (χ4n) is 3.97.